The molecule has 0 aliphatic rings. The average molecular weight is 507 g/mol. The van der Waals surface area contributed by atoms with Crippen LogP contribution in [-0.2, 0) is 6.18 Å². The summed E-state index contributed by atoms with van der Waals surface area (Å²) in [5.41, 5.74) is 10.4. The van der Waals surface area contributed by atoms with Crippen molar-refractivity contribution in [2.45, 2.75) is 6.18 Å². The summed E-state index contributed by atoms with van der Waals surface area (Å²) in [6.07, 6.45) is -3.31. The van der Waals surface area contributed by atoms with E-state index in [4.69, 9.17) is 51.0 Å². The fraction of sp³-hybridized carbons (Fsp3) is 0.0526. The molecule has 13 heteroatoms. The molecule has 0 unspecified atom stereocenters. The Morgan fingerprint density at radius 3 is 2.34 bits per heavy atom. The summed E-state index contributed by atoms with van der Waals surface area (Å²) in [6.45, 7) is 0. The molecule has 0 aliphatic carbocycles. The van der Waals surface area contributed by atoms with Crippen molar-refractivity contribution < 1.29 is 22.7 Å². The van der Waals surface area contributed by atoms with E-state index in [0.717, 1.165) is 6.07 Å². The van der Waals surface area contributed by atoms with Gasteiger partial charge < -0.3 is 26.8 Å². The third-order valence-corrected chi connectivity index (χ3v) is 4.94. The Labute approximate surface area is 194 Å². The SMILES string of the molecule is Nc1nccc(Oc2cc(NC(=O)Nc3ccc(Cl)c(C(F)(F)F)c3)c(Cl)cc2Cl)c1N. The molecule has 2 aromatic carbocycles. The number of ether oxygens (including phenoxy) is 1. The highest BCUT2D eigenvalue weighted by atomic mass is 35.5. The number of anilines is 4. The maximum atomic E-state index is 13.0. The molecule has 0 saturated carbocycles. The minimum atomic E-state index is -4.69. The van der Waals surface area contributed by atoms with Crippen molar-refractivity contribution in [3.8, 4) is 11.5 Å². The molecule has 0 spiro atoms. The lowest BCUT2D eigenvalue weighted by Crippen LogP contribution is -2.20. The van der Waals surface area contributed by atoms with Crippen LogP contribution in [-0.4, -0.2) is 11.0 Å². The van der Waals surface area contributed by atoms with E-state index >= 15 is 0 Å². The van der Waals surface area contributed by atoms with Crippen molar-refractivity contribution in [2.75, 3.05) is 22.1 Å². The zero-order valence-electron chi connectivity index (χ0n) is 15.7. The van der Waals surface area contributed by atoms with Crippen LogP contribution in [0.15, 0.2) is 42.6 Å². The Bertz CT molecular complexity index is 1190. The average Bonchev–Trinajstić information content (AvgIpc) is 2.69. The van der Waals surface area contributed by atoms with Crippen LogP contribution in [0.2, 0.25) is 15.1 Å². The number of nitrogen functional groups attached to an aromatic ring is 2. The molecular formula is C19H13Cl3F3N5O2. The zero-order chi connectivity index (χ0) is 23.6. The molecular weight excluding hydrogens is 494 g/mol. The quantitative estimate of drug-likeness (QED) is 0.316. The zero-order valence-corrected chi connectivity index (χ0v) is 18.0. The second kappa shape index (κ2) is 9.19. The van der Waals surface area contributed by atoms with Gasteiger partial charge in [-0.05, 0) is 24.3 Å². The summed E-state index contributed by atoms with van der Waals surface area (Å²) in [6, 6.07) is 6.13. The number of hydrogen-bond acceptors (Lipinski definition) is 5. The van der Waals surface area contributed by atoms with E-state index in [0.29, 0.717) is 6.07 Å². The molecule has 3 rings (SSSR count). The van der Waals surface area contributed by atoms with Gasteiger partial charge in [-0.2, -0.15) is 13.2 Å². The van der Waals surface area contributed by atoms with Crippen LogP contribution in [0.1, 0.15) is 5.56 Å². The largest absolute Gasteiger partial charge is 0.453 e. The predicted octanol–water partition coefficient (Wildman–Crippen LogP) is 6.66. The van der Waals surface area contributed by atoms with Gasteiger partial charge in [0, 0.05) is 24.0 Å². The first-order valence-corrected chi connectivity index (χ1v) is 9.70. The molecule has 0 atom stereocenters. The fourth-order valence-electron chi connectivity index (χ4n) is 2.49. The van der Waals surface area contributed by atoms with Gasteiger partial charge in [-0.1, -0.05) is 34.8 Å². The van der Waals surface area contributed by atoms with E-state index in [2.05, 4.69) is 15.6 Å². The van der Waals surface area contributed by atoms with Gasteiger partial charge in [0.15, 0.2) is 5.75 Å². The van der Waals surface area contributed by atoms with Gasteiger partial charge >= 0.3 is 12.2 Å². The summed E-state index contributed by atoms with van der Waals surface area (Å²) in [5, 5.41) is 4.33. The van der Waals surface area contributed by atoms with Gasteiger partial charge in [-0.3, -0.25) is 0 Å². The number of alkyl halides is 3. The van der Waals surface area contributed by atoms with Gasteiger partial charge in [0.25, 0.3) is 0 Å². The second-order valence-corrected chi connectivity index (χ2v) is 7.47. The number of nitrogens with one attached hydrogen (secondary N) is 2. The highest BCUT2D eigenvalue weighted by molar-refractivity contribution is 6.37. The van der Waals surface area contributed by atoms with E-state index in [-0.39, 0.29) is 44.4 Å². The molecule has 0 fully saturated rings. The first-order chi connectivity index (χ1) is 15.0. The van der Waals surface area contributed by atoms with Gasteiger partial charge in [0.2, 0.25) is 0 Å². The normalized spacial score (nSPS) is 11.2. The standard InChI is InChI=1S/C19H13Cl3F3N5O2/c20-10-2-1-8(5-9(10)19(23,24)25)29-18(31)30-13-7-15(12(22)6-11(13)21)32-14-3-4-28-17(27)16(14)26/h1-7H,26H2,(H2,27,28)(H2,29,30,31). The Kier molecular flexibility index (Phi) is 6.77. The first-order valence-electron chi connectivity index (χ1n) is 8.57. The number of urea groups is 1. The summed E-state index contributed by atoms with van der Waals surface area (Å²) >= 11 is 17.8. The van der Waals surface area contributed by atoms with Gasteiger partial charge in [0.05, 0.1) is 26.3 Å². The lowest BCUT2D eigenvalue weighted by Gasteiger charge is -2.15. The molecule has 0 bridgehead atoms. The number of carbonyl (C=O) groups is 1. The molecule has 2 amide bonds. The Hall–Kier alpha value is -3.08. The third-order valence-electron chi connectivity index (χ3n) is 4.00. The number of hydrogen-bond donors (Lipinski definition) is 4. The molecule has 3 aromatic rings. The van der Waals surface area contributed by atoms with Crippen LogP contribution in [0.4, 0.5) is 40.8 Å². The fourth-order valence-corrected chi connectivity index (χ4v) is 3.18. The first kappa shape index (κ1) is 23.6. The number of nitrogens with zero attached hydrogens (tertiary/aromatic N) is 1. The molecule has 7 nitrogen and oxygen atoms in total. The number of carbonyl (C=O) groups excluding carboxylic acids is 1. The highest BCUT2D eigenvalue weighted by Gasteiger charge is 2.33. The predicted molar refractivity (Wildman–Crippen MR) is 119 cm³/mol. The number of halogens is 6. The lowest BCUT2D eigenvalue weighted by atomic mass is 10.2. The Balaban J connectivity index is 1.81. The van der Waals surface area contributed by atoms with E-state index in [1.54, 1.807) is 0 Å². The van der Waals surface area contributed by atoms with Crippen molar-refractivity contribution >= 4 is 63.7 Å². The van der Waals surface area contributed by atoms with Gasteiger partial charge in [-0.25, -0.2) is 9.78 Å². The molecule has 1 heterocycles. The van der Waals surface area contributed by atoms with Crippen LogP contribution in [0.5, 0.6) is 11.5 Å². The number of rotatable bonds is 4. The number of nitrogens with two attached hydrogens (primary N) is 2. The molecule has 32 heavy (non-hydrogen) atoms. The number of aromatic nitrogens is 1. The van der Waals surface area contributed by atoms with E-state index in [9.17, 15) is 18.0 Å². The smallest absolute Gasteiger partial charge is 0.417 e. The summed E-state index contributed by atoms with van der Waals surface area (Å²) in [7, 11) is 0. The molecule has 0 radical (unpaired) electrons. The van der Waals surface area contributed by atoms with Crippen LogP contribution < -0.4 is 26.8 Å². The number of amides is 2. The number of benzene rings is 2. The van der Waals surface area contributed by atoms with E-state index in [1.807, 2.05) is 0 Å². The topological polar surface area (TPSA) is 115 Å². The van der Waals surface area contributed by atoms with Crippen molar-refractivity contribution in [3.05, 3.63) is 63.2 Å². The van der Waals surface area contributed by atoms with Gasteiger partial charge in [0.1, 0.15) is 17.3 Å². The molecule has 0 saturated heterocycles. The van der Waals surface area contributed by atoms with E-state index in [1.165, 1.54) is 30.5 Å². The Morgan fingerprint density at radius 1 is 0.938 bits per heavy atom. The van der Waals surface area contributed by atoms with Crippen molar-refractivity contribution in [3.63, 3.8) is 0 Å². The third kappa shape index (κ3) is 5.39. The van der Waals surface area contributed by atoms with Crippen molar-refractivity contribution in [2.24, 2.45) is 0 Å². The molecule has 0 aliphatic heterocycles. The van der Waals surface area contributed by atoms with Crippen molar-refractivity contribution in [1.82, 2.24) is 4.98 Å². The summed E-state index contributed by atoms with van der Waals surface area (Å²) in [5.74, 6) is 0.291. The maximum absolute atomic E-state index is 13.0. The van der Waals surface area contributed by atoms with Crippen LogP contribution in [0.25, 0.3) is 0 Å². The van der Waals surface area contributed by atoms with E-state index < -0.39 is 22.8 Å². The second-order valence-electron chi connectivity index (χ2n) is 6.24. The summed E-state index contributed by atoms with van der Waals surface area (Å²) in [4.78, 5) is 16.1. The minimum Gasteiger partial charge on any atom is -0.453 e. The molecule has 1 aromatic heterocycles. The van der Waals surface area contributed by atoms with Crippen LogP contribution in [0, 0.1) is 0 Å². The minimum absolute atomic E-state index is 0.0477. The van der Waals surface area contributed by atoms with Crippen molar-refractivity contribution in [1.29, 1.82) is 0 Å². The van der Waals surface area contributed by atoms with Gasteiger partial charge in [-0.15, -0.1) is 0 Å². The molecule has 6 N–H and O–H groups in total. The lowest BCUT2D eigenvalue weighted by molar-refractivity contribution is -0.137. The van der Waals surface area contributed by atoms with Crippen LogP contribution in [0.3, 0.4) is 0 Å². The summed E-state index contributed by atoms with van der Waals surface area (Å²) < 4.78 is 44.6. The maximum Gasteiger partial charge on any atom is 0.417 e. The molecule has 168 valence electrons. The van der Waals surface area contributed by atoms with Crippen LogP contribution >= 0.6 is 34.8 Å². The monoisotopic (exact) mass is 505 g/mol. The Morgan fingerprint density at radius 2 is 1.66 bits per heavy atom. The number of pyridine rings is 1. The highest BCUT2D eigenvalue weighted by Crippen LogP contribution is 2.39.